The molecule has 0 fully saturated rings. The first-order chi connectivity index (χ1) is 7.44. The van der Waals surface area contributed by atoms with Crippen LogP contribution in [0.1, 0.15) is 12.6 Å². The Morgan fingerprint density at radius 1 is 1.50 bits per heavy atom. The zero-order chi connectivity index (χ0) is 11.9. The highest BCUT2D eigenvalue weighted by atomic mass is 32.2. The van der Waals surface area contributed by atoms with E-state index in [-0.39, 0.29) is 15.7 Å². The van der Waals surface area contributed by atoms with E-state index in [2.05, 4.69) is 10.1 Å². The highest BCUT2D eigenvalue weighted by Gasteiger charge is 2.18. The zero-order valence-corrected chi connectivity index (χ0v) is 10.3. The normalized spacial score (nSPS) is 12.1. The molecule has 0 amide bonds. The summed E-state index contributed by atoms with van der Waals surface area (Å²) in [5.74, 6) is -0.0411. The van der Waals surface area contributed by atoms with Gasteiger partial charge in [-0.2, -0.15) is 4.52 Å². The van der Waals surface area contributed by atoms with Crippen molar-refractivity contribution in [3.63, 3.8) is 0 Å². The van der Waals surface area contributed by atoms with E-state index in [9.17, 15) is 13.2 Å². The number of sulfone groups is 1. The molecule has 6 nitrogen and oxygen atoms in total. The summed E-state index contributed by atoms with van der Waals surface area (Å²) in [7, 11) is -3.38. The van der Waals surface area contributed by atoms with Crippen LogP contribution < -0.4 is 5.56 Å². The molecule has 2 heterocycles. The maximum Gasteiger partial charge on any atom is 0.275 e. The predicted molar refractivity (Wildman–Crippen MR) is 59.6 cm³/mol. The molecule has 0 radical (unpaired) electrons. The molecule has 86 valence electrons. The van der Waals surface area contributed by atoms with Crippen LogP contribution in [-0.4, -0.2) is 28.8 Å². The van der Waals surface area contributed by atoms with Crippen LogP contribution >= 0.6 is 11.3 Å². The fourth-order valence-corrected chi connectivity index (χ4v) is 3.38. The van der Waals surface area contributed by atoms with E-state index in [4.69, 9.17) is 0 Å². The van der Waals surface area contributed by atoms with Gasteiger partial charge < -0.3 is 0 Å². The van der Waals surface area contributed by atoms with Crippen molar-refractivity contribution in [1.29, 1.82) is 0 Å². The van der Waals surface area contributed by atoms with Gasteiger partial charge in [0, 0.05) is 11.8 Å². The summed E-state index contributed by atoms with van der Waals surface area (Å²) in [6.45, 7) is 3.21. The van der Waals surface area contributed by atoms with Crippen molar-refractivity contribution in [2.75, 3.05) is 5.75 Å². The van der Waals surface area contributed by atoms with Gasteiger partial charge in [0.25, 0.3) is 5.56 Å². The Hall–Kier alpha value is -1.28. The molecule has 2 aromatic rings. The van der Waals surface area contributed by atoms with Crippen molar-refractivity contribution < 1.29 is 8.42 Å². The highest BCUT2D eigenvalue weighted by molar-refractivity contribution is 7.93. The van der Waals surface area contributed by atoms with Crippen LogP contribution in [0.25, 0.3) is 4.96 Å². The molecule has 0 atom stereocenters. The minimum absolute atomic E-state index is 0.0411. The monoisotopic (exact) mass is 259 g/mol. The quantitative estimate of drug-likeness (QED) is 0.772. The molecule has 2 aromatic heterocycles. The largest absolute Gasteiger partial charge is 0.275 e. The van der Waals surface area contributed by atoms with Gasteiger partial charge in [0.05, 0.1) is 5.75 Å². The van der Waals surface area contributed by atoms with E-state index >= 15 is 0 Å². The van der Waals surface area contributed by atoms with E-state index in [0.717, 1.165) is 15.9 Å². The van der Waals surface area contributed by atoms with Gasteiger partial charge in [0.2, 0.25) is 19.1 Å². The molecular weight excluding hydrogens is 250 g/mol. The molecule has 2 rings (SSSR count). The van der Waals surface area contributed by atoms with Crippen molar-refractivity contribution in [3.8, 4) is 0 Å². The average Bonchev–Trinajstić information content (AvgIpc) is 2.62. The van der Waals surface area contributed by atoms with Crippen LogP contribution in [0.15, 0.2) is 15.2 Å². The standard InChI is InChI=1S/C8H9N3O3S2/c1-3-16(13,14)8-10-11-6(12)4-5(2)9-7(11)15-8/h4H,3H2,1-2H3. The summed E-state index contributed by atoms with van der Waals surface area (Å²) in [4.78, 5) is 15.9. The molecule has 0 saturated carbocycles. The number of nitrogens with zero attached hydrogens (tertiary/aromatic N) is 3. The zero-order valence-electron chi connectivity index (χ0n) is 8.67. The summed E-state index contributed by atoms with van der Waals surface area (Å²) >= 11 is 0.910. The molecule has 0 saturated heterocycles. The van der Waals surface area contributed by atoms with Crippen molar-refractivity contribution in [1.82, 2.24) is 14.6 Å². The molecular formula is C8H9N3O3S2. The fourth-order valence-electron chi connectivity index (χ4n) is 1.15. The molecule has 0 bridgehead atoms. The number of rotatable bonds is 2. The summed E-state index contributed by atoms with van der Waals surface area (Å²) in [5, 5.41) is 3.77. The second kappa shape index (κ2) is 3.63. The number of fused-ring (bicyclic) bond motifs is 1. The van der Waals surface area contributed by atoms with E-state index < -0.39 is 9.84 Å². The van der Waals surface area contributed by atoms with Crippen molar-refractivity contribution >= 4 is 26.1 Å². The van der Waals surface area contributed by atoms with Gasteiger partial charge in [-0.25, -0.2) is 13.4 Å². The van der Waals surface area contributed by atoms with E-state index in [1.165, 1.54) is 13.0 Å². The van der Waals surface area contributed by atoms with Gasteiger partial charge in [-0.3, -0.25) is 4.79 Å². The van der Waals surface area contributed by atoms with Crippen LogP contribution in [0.4, 0.5) is 0 Å². The smallest absolute Gasteiger partial charge is 0.267 e. The molecule has 0 aliphatic carbocycles. The van der Waals surface area contributed by atoms with Crippen LogP contribution in [0, 0.1) is 6.92 Å². The maximum atomic E-state index is 11.6. The van der Waals surface area contributed by atoms with Gasteiger partial charge in [-0.15, -0.1) is 5.10 Å². The minimum atomic E-state index is -3.38. The van der Waals surface area contributed by atoms with Gasteiger partial charge in [-0.05, 0) is 6.92 Å². The SMILES string of the molecule is CCS(=O)(=O)c1nn2c(=O)cc(C)nc2s1. The van der Waals surface area contributed by atoms with Crippen LogP contribution in [0.2, 0.25) is 0 Å². The lowest BCUT2D eigenvalue weighted by Gasteiger charge is -1.91. The van der Waals surface area contributed by atoms with Crippen LogP contribution in [0.5, 0.6) is 0 Å². The topological polar surface area (TPSA) is 81.4 Å². The highest BCUT2D eigenvalue weighted by Crippen LogP contribution is 2.17. The van der Waals surface area contributed by atoms with Gasteiger partial charge in [0.15, 0.2) is 0 Å². The second-order valence-corrected chi connectivity index (χ2v) is 6.61. The van der Waals surface area contributed by atoms with Crippen molar-refractivity contribution in [2.45, 2.75) is 18.2 Å². The summed E-state index contributed by atoms with van der Waals surface area (Å²) in [5.41, 5.74) is 0.186. The number of aromatic nitrogens is 3. The molecule has 0 N–H and O–H groups in total. The molecule has 0 spiro atoms. The Labute approximate surface area is 95.5 Å². The lowest BCUT2D eigenvalue weighted by molar-refractivity contribution is 0.594. The molecule has 16 heavy (non-hydrogen) atoms. The average molecular weight is 259 g/mol. The first-order valence-corrected chi connectivity index (χ1v) is 7.01. The van der Waals surface area contributed by atoms with E-state index in [1.807, 2.05) is 0 Å². The predicted octanol–water partition coefficient (Wildman–Crippen LogP) is 0.253. The van der Waals surface area contributed by atoms with Crippen LogP contribution in [-0.2, 0) is 9.84 Å². The first-order valence-electron chi connectivity index (χ1n) is 4.54. The Morgan fingerprint density at radius 2 is 2.19 bits per heavy atom. The summed E-state index contributed by atoms with van der Waals surface area (Å²) in [6, 6.07) is 1.31. The third-order valence-corrected chi connectivity index (χ3v) is 5.09. The molecule has 0 unspecified atom stereocenters. The maximum absolute atomic E-state index is 11.6. The third-order valence-electron chi connectivity index (χ3n) is 2.00. The van der Waals surface area contributed by atoms with Gasteiger partial charge in [-0.1, -0.05) is 18.3 Å². The number of hydrogen-bond donors (Lipinski definition) is 0. The lowest BCUT2D eigenvalue weighted by atomic mass is 10.5. The molecule has 8 heteroatoms. The Balaban J connectivity index is 2.80. The van der Waals surface area contributed by atoms with E-state index in [1.54, 1.807) is 6.92 Å². The molecule has 0 aliphatic heterocycles. The summed E-state index contributed by atoms with van der Waals surface area (Å²) in [6.07, 6.45) is 0. The Bertz CT molecular complexity index is 699. The molecule has 0 aliphatic rings. The Morgan fingerprint density at radius 3 is 2.81 bits per heavy atom. The third kappa shape index (κ3) is 1.74. The summed E-state index contributed by atoms with van der Waals surface area (Å²) < 4.78 is 24.1. The van der Waals surface area contributed by atoms with Gasteiger partial charge >= 0.3 is 0 Å². The second-order valence-electron chi connectivity index (χ2n) is 3.20. The van der Waals surface area contributed by atoms with Gasteiger partial charge in [0.1, 0.15) is 0 Å². The van der Waals surface area contributed by atoms with E-state index in [0.29, 0.717) is 10.7 Å². The lowest BCUT2D eigenvalue weighted by Crippen LogP contribution is -2.15. The fraction of sp³-hybridized carbons (Fsp3) is 0.375. The minimum Gasteiger partial charge on any atom is -0.267 e. The Kier molecular flexibility index (Phi) is 2.55. The number of aryl methyl sites for hydroxylation is 1. The van der Waals surface area contributed by atoms with Crippen LogP contribution in [0.3, 0.4) is 0 Å². The first kappa shape index (κ1) is 11.2. The molecule has 0 aromatic carbocycles. The van der Waals surface area contributed by atoms with Crippen molar-refractivity contribution in [2.24, 2.45) is 0 Å². The van der Waals surface area contributed by atoms with Crippen molar-refractivity contribution in [3.05, 3.63) is 22.1 Å². The number of hydrogen-bond acceptors (Lipinski definition) is 6.